The van der Waals surface area contributed by atoms with Crippen LogP contribution in [0.1, 0.15) is 51.2 Å². The van der Waals surface area contributed by atoms with Gasteiger partial charge in [-0.05, 0) is 42.5 Å². The van der Waals surface area contributed by atoms with Crippen LogP contribution in [0.25, 0.3) is 0 Å². The van der Waals surface area contributed by atoms with E-state index in [0.29, 0.717) is 50.7 Å². The second kappa shape index (κ2) is 14.0. The van der Waals surface area contributed by atoms with E-state index in [4.69, 9.17) is 19.9 Å². The average Bonchev–Trinajstić information content (AvgIpc) is 3.57. The third-order valence-corrected chi connectivity index (χ3v) is 6.64. The van der Waals surface area contributed by atoms with E-state index in [1.807, 2.05) is 18.2 Å². The lowest BCUT2D eigenvalue weighted by atomic mass is 9.85. The van der Waals surface area contributed by atoms with Gasteiger partial charge in [0.1, 0.15) is 23.6 Å². The normalized spacial score (nSPS) is 18.9. The van der Waals surface area contributed by atoms with Crippen LogP contribution in [0.4, 0.5) is 4.79 Å². The van der Waals surface area contributed by atoms with Gasteiger partial charge in [0.15, 0.2) is 0 Å². The van der Waals surface area contributed by atoms with Crippen molar-refractivity contribution >= 4 is 18.0 Å². The molecule has 1 fully saturated rings. The van der Waals surface area contributed by atoms with Gasteiger partial charge in [0.25, 0.3) is 0 Å². The Bertz CT molecular complexity index is 1210. The van der Waals surface area contributed by atoms with Gasteiger partial charge in [-0.25, -0.2) is 9.59 Å². The molecule has 0 spiro atoms. The fourth-order valence-electron chi connectivity index (χ4n) is 4.49. The number of carbonyl (C=O) groups is 3. The second-order valence-corrected chi connectivity index (χ2v) is 10.8. The van der Waals surface area contributed by atoms with Gasteiger partial charge in [-0.15, -0.1) is 0 Å². The van der Waals surface area contributed by atoms with Crippen LogP contribution in [-0.4, -0.2) is 66.9 Å². The maximum atomic E-state index is 13.2. The first-order valence-corrected chi connectivity index (χ1v) is 13.4. The Balaban J connectivity index is 1.62. The Hall–Kier alpha value is -3.81. The van der Waals surface area contributed by atoms with E-state index in [2.05, 4.69) is 17.2 Å². The number of nitrogens with two attached hydrogens (primary N) is 1. The number of amides is 2. The molecule has 1 aromatic carbocycles. The summed E-state index contributed by atoms with van der Waals surface area (Å²) < 4.78 is 16.4. The van der Waals surface area contributed by atoms with Gasteiger partial charge in [-0.3, -0.25) is 4.79 Å². The van der Waals surface area contributed by atoms with Gasteiger partial charge in [-0.2, -0.15) is 0 Å². The zero-order valence-electron chi connectivity index (χ0n) is 23.6. The van der Waals surface area contributed by atoms with E-state index < -0.39 is 35.5 Å². The second-order valence-electron chi connectivity index (χ2n) is 10.8. The topological polar surface area (TPSA) is 140 Å². The highest BCUT2D eigenvalue weighted by Crippen LogP contribution is 2.26. The van der Waals surface area contributed by atoms with Crippen LogP contribution in [0.3, 0.4) is 0 Å². The van der Waals surface area contributed by atoms with Gasteiger partial charge in [0.2, 0.25) is 5.91 Å². The molecule has 1 saturated heterocycles. The van der Waals surface area contributed by atoms with Gasteiger partial charge in [0, 0.05) is 44.4 Å². The smallest absolute Gasteiger partial charge is 0.413 e. The molecular weight excluding hydrogens is 514 g/mol. The number of carboxylic acid groups (broad SMARTS) is 1. The molecule has 1 heterocycles. The number of carbonyl (C=O) groups excluding carboxylic acids is 2. The summed E-state index contributed by atoms with van der Waals surface area (Å²) >= 11 is 0. The molecule has 1 aliphatic heterocycles. The van der Waals surface area contributed by atoms with Crippen molar-refractivity contribution in [2.75, 3.05) is 26.9 Å². The molecule has 3 atom stereocenters. The zero-order valence-corrected chi connectivity index (χ0v) is 23.6. The van der Waals surface area contributed by atoms with Crippen molar-refractivity contribution in [1.29, 1.82) is 0 Å². The standard InChI is InChI=1S/C30H39N3O7/c1-30(2,3)26(27(34)33-14-5-7-24(33)28(35)36)32-29(37)40-23-13-11-20(17-23)8-9-21-10-12-22(19-31)25(18-21)39-16-6-15-38-4/h10-13,17-18,20,24,26H,5-7,14-16,19,31H2,1-4H3,(H,32,37)(H,35,36). The molecular formula is C30H39N3O7. The number of ether oxygens (including phenoxy) is 3. The summed E-state index contributed by atoms with van der Waals surface area (Å²) in [5.74, 6) is 5.49. The third kappa shape index (κ3) is 8.34. The van der Waals surface area contributed by atoms with Gasteiger partial charge < -0.3 is 35.3 Å². The number of methoxy groups -OCH3 is 1. The third-order valence-electron chi connectivity index (χ3n) is 6.64. The van der Waals surface area contributed by atoms with Crippen molar-refractivity contribution < 1.29 is 33.7 Å². The van der Waals surface area contributed by atoms with Crippen LogP contribution in [0.15, 0.2) is 42.2 Å². The predicted molar refractivity (Wildman–Crippen MR) is 149 cm³/mol. The maximum absolute atomic E-state index is 13.2. The first-order valence-electron chi connectivity index (χ1n) is 13.4. The number of aliphatic carboxylic acids is 1. The Morgan fingerprint density at radius 3 is 2.70 bits per heavy atom. The quantitative estimate of drug-likeness (QED) is 0.296. The lowest BCUT2D eigenvalue weighted by Gasteiger charge is -2.34. The highest BCUT2D eigenvalue weighted by atomic mass is 16.6. The van der Waals surface area contributed by atoms with E-state index in [9.17, 15) is 19.5 Å². The number of hydrogen-bond acceptors (Lipinski definition) is 7. The molecule has 1 aromatic rings. The number of likely N-dealkylation sites (tertiary alicyclic amines) is 1. The molecule has 2 aliphatic rings. The fraction of sp³-hybridized carbons (Fsp3) is 0.500. The summed E-state index contributed by atoms with van der Waals surface area (Å²) in [5, 5.41) is 12.1. The molecule has 216 valence electrons. The first-order chi connectivity index (χ1) is 19.0. The molecule has 10 heteroatoms. The van der Waals surface area contributed by atoms with Crippen LogP contribution in [-0.2, 0) is 25.6 Å². The van der Waals surface area contributed by atoms with E-state index in [1.165, 1.54) is 4.90 Å². The van der Waals surface area contributed by atoms with Crippen LogP contribution >= 0.6 is 0 Å². The van der Waals surface area contributed by atoms with Crippen molar-refractivity contribution in [3.8, 4) is 17.6 Å². The fourth-order valence-corrected chi connectivity index (χ4v) is 4.49. The number of allylic oxidation sites excluding steroid dienone is 3. The molecule has 1 aliphatic carbocycles. The summed E-state index contributed by atoms with van der Waals surface area (Å²) in [6.45, 7) is 7.22. The minimum Gasteiger partial charge on any atom is -0.493 e. The number of alkyl carbamates (subject to hydrolysis) is 1. The van der Waals surface area contributed by atoms with Crippen molar-refractivity contribution in [3.05, 3.63) is 53.3 Å². The minimum atomic E-state index is -1.05. The monoisotopic (exact) mass is 553 g/mol. The summed E-state index contributed by atoms with van der Waals surface area (Å²) in [5.41, 5.74) is 6.82. The Labute approximate surface area is 235 Å². The maximum Gasteiger partial charge on any atom is 0.413 e. The molecule has 0 saturated carbocycles. The predicted octanol–water partition coefficient (Wildman–Crippen LogP) is 3.20. The highest BCUT2D eigenvalue weighted by Gasteiger charge is 2.42. The molecule has 0 aromatic heterocycles. The molecule has 40 heavy (non-hydrogen) atoms. The Morgan fingerprint density at radius 2 is 2.02 bits per heavy atom. The highest BCUT2D eigenvalue weighted by molar-refractivity contribution is 5.90. The number of hydrogen-bond donors (Lipinski definition) is 3. The molecule has 3 rings (SSSR count). The van der Waals surface area contributed by atoms with Crippen LogP contribution in [0.2, 0.25) is 0 Å². The van der Waals surface area contributed by atoms with Gasteiger partial charge in [0.05, 0.1) is 12.5 Å². The van der Waals surface area contributed by atoms with E-state index in [1.54, 1.807) is 46.1 Å². The summed E-state index contributed by atoms with van der Waals surface area (Å²) in [4.78, 5) is 38.9. The van der Waals surface area contributed by atoms with Gasteiger partial charge >= 0.3 is 12.1 Å². The number of benzene rings is 1. The van der Waals surface area contributed by atoms with Crippen molar-refractivity contribution in [2.24, 2.45) is 17.1 Å². The van der Waals surface area contributed by atoms with Crippen LogP contribution in [0, 0.1) is 23.2 Å². The van der Waals surface area contributed by atoms with E-state index in [0.717, 1.165) is 17.5 Å². The molecule has 0 radical (unpaired) electrons. The zero-order chi connectivity index (χ0) is 29.3. The number of nitrogens with zero attached hydrogens (tertiary/aromatic N) is 1. The number of carboxylic acids is 1. The summed E-state index contributed by atoms with van der Waals surface area (Å²) in [7, 11) is 1.65. The minimum absolute atomic E-state index is 0.274. The Kier molecular flexibility index (Phi) is 10.8. The summed E-state index contributed by atoms with van der Waals surface area (Å²) in [6, 6.07) is 3.78. The van der Waals surface area contributed by atoms with Crippen molar-refractivity contribution in [2.45, 2.75) is 58.7 Å². The van der Waals surface area contributed by atoms with Gasteiger partial charge in [-0.1, -0.05) is 44.8 Å². The Morgan fingerprint density at radius 1 is 1.25 bits per heavy atom. The van der Waals surface area contributed by atoms with Crippen molar-refractivity contribution in [1.82, 2.24) is 10.2 Å². The molecule has 10 nitrogen and oxygen atoms in total. The molecule has 0 bridgehead atoms. The van der Waals surface area contributed by atoms with E-state index >= 15 is 0 Å². The summed E-state index contributed by atoms with van der Waals surface area (Å²) in [6.07, 6.45) is 6.12. The number of nitrogens with one attached hydrogen (secondary N) is 1. The van der Waals surface area contributed by atoms with Crippen LogP contribution in [0.5, 0.6) is 5.75 Å². The average molecular weight is 554 g/mol. The SMILES string of the molecule is COCCCOc1cc(C#CC2C=CC(OC(=O)NC(C(=O)N3CCCC3C(=O)O)C(C)(C)C)=C2)ccc1CN. The molecule has 2 amide bonds. The lowest BCUT2D eigenvalue weighted by Crippen LogP contribution is -2.56. The largest absolute Gasteiger partial charge is 0.493 e. The van der Waals surface area contributed by atoms with Crippen molar-refractivity contribution in [3.63, 3.8) is 0 Å². The number of rotatable bonds is 10. The molecule has 3 unspecified atom stereocenters. The first kappa shape index (κ1) is 30.7. The van der Waals surface area contributed by atoms with Crippen LogP contribution < -0.4 is 15.8 Å². The molecule has 4 N–H and O–H groups in total. The van der Waals surface area contributed by atoms with E-state index in [-0.39, 0.29) is 5.92 Å². The lowest BCUT2D eigenvalue weighted by molar-refractivity contribution is -0.150.